The van der Waals surface area contributed by atoms with Crippen LogP contribution in [0.5, 0.6) is 0 Å². The lowest BCUT2D eigenvalue weighted by Crippen LogP contribution is -2.53. The summed E-state index contributed by atoms with van der Waals surface area (Å²) in [5.74, 6) is -1.06. The first-order valence-corrected chi connectivity index (χ1v) is 3.65. The minimum atomic E-state index is -1.06. The first kappa shape index (κ1) is 8.49. The number of carbonyl (C=O) groups excluding carboxylic acids is 1. The molecule has 1 N–H and O–H groups in total. The van der Waals surface area contributed by atoms with Crippen molar-refractivity contribution in [1.29, 1.82) is 0 Å². The predicted octanol–water partition coefficient (Wildman–Crippen LogP) is -2.05. The van der Waals surface area contributed by atoms with Crippen LogP contribution < -0.4 is 5.11 Å². The lowest BCUT2D eigenvalue weighted by molar-refractivity contribution is -0.896. The van der Waals surface area contributed by atoms with E-state index in [2.05, 4.69) is 0 Å². The number of carboxylic acid groups (broad SMARTS) is 1. The van der Waals surface area contributed by atoms with Gasteiger partial charge in [0.25, 0.3) is 0 Å². The third-order valence-electron chi connectivity index (χ3n) is 2.29. The average Bonchev–Trinajstić information content (AvgIpc) is 2.04. The zero-order chi connectivity index (χ0) is 8.65. The topological polar surface area (TPSA) is 60.4 Å². The summed E-state index contributed by atoms with van der Waals surface area (Å²) in [4.78, 5) is 10.5. The summed E-state index contributed by atoms with van der Waals surface area (Å²) in [6.07, 6.45) is -0.178. The normalized spacial score (nSPS) is 35.5. The summed E-state index contributed by atoms with van der Waals surface area (Å²) in [6.45, 7) is 0.499. The van der Waals surface area contributed by atoms with Crippen molar-refractivity contribution < 1.29 is 19.5 Å². The first-order valence-electron chi connectivity index (χ1n) is 3.65. The lowest BCUT2D eigenvalue weighted by Gasteiger charge is -2.31. The Balaban J connectivity index is 2.74. The smallest absolute Gasteiger partial charge is 0.132 e. The fraction of sp³-hybridized carbons (Fsp3) is 0.857. The summed E-state index contributed by atoms with van der Waals surface area (Å²) in [5.41, 5.74) is 0. The van der Waals surface area contributed by atoms with Crippen molar-refractivity contribution in [2.24, 2.45) is 0 Å². The van der Waals surface area contributed by atoms with Crippen LogP contribution in [-0.4, -0.2) is 48.3 Å². The van der Waals surface area contributed by atoms with E-state index >= 15 is 0 Å². The van der Waals surface area contributed by atoms with Gasteiger partial charge in [0.1, 0.15) is 18.7 Å². The van der Waals surface area contributed by atoms with Gasteiger partial charge in [0.2, 0.25) is 0 Å². The highest BCUT2D eigenvalue weighted by Crippen LogP contribution is 2.21. The second-order valence-electron chi connectivity index (χ2n) is 3.69. The highest BCUT2D eigenvalue weighted by molar-refractivity contribution is 5.70. The number of likely N-dealkylation sites (tertiary alicyclic amines) is 1. The maximum atomic E-state index is 10.5. The van der Waals surface area contributed by atoms with Crippen molar-refractivity contribution in [2.75, 3.05) is 20.6 Å². The molecule has 0 aromatic heterocycles. The molecule has 0 bridgehead atoms. The van der Waals surface area contributed by atoms with Gasteiger partial charge < -0.3 is 19.5 Å². The van der Waals surface area contributed by atoms with Crippen LogP contribution in [-0.2, 0) is 4.79 Å². The average molecular weight is 159 g/mol. The zero-order valence-electron chi connectivity index (χ0n) is 6.78. The summed E-state index contributed by atoms with van der Waals surface area (Å²) >= 11 is 0. The van der Waals surface area contributed by atoms with E-state index in [0.717, 1.165) is 0 Å². The van der Waals surface area contributed by atoms with Gasteiger partial charge in [-0.15, -0.1) is 0 Å². The van der Waals surface area contributed by atoms with Crippen LogP contribution in [0, 0.1) is 0 Å². The second kappa shape index (κ2) is 2.46. The molecule has 0 spiro atoms. The number of likely N-dealkylation sites (N-methyl/N-ethyl adjacent to an activating group) is 1. The van der Waals surface area contributed by atoms with E-state index in [1.54, 1.807) is 14.1 Å². The Morgan fingerprint density at radius 1 is 1.64 bits per heavy atom. The molecule has 64 valence electrons. The van der Waals surface area contributed by atoms with E-state index < -0.39 is 18.1 Å². The van der Waals surface area contributed by atoms with Crippen molar-refractivity contribution in [2.45, 2.75) is 18.6 Å². The van der Waals surface area contributed by atoms with Crippen LogP contribution >= 0.6 is 0 Å². The third kappa shape index (κ3) is 1.52. The molecule has 1 saturated heterocycles. The molecule has 1 fully saturated rings. The summed E-state index contributed by atoms with van der Waals surface area (Å²) < 4.78 is 0.323. The molecular weight excluding hydrogens is 146 g/mol. The Morgan fingerprint density at radius 3 is 2.36 bits per heavy atom. The van der Waals surface area contributed by atoms with Gasteiger partial charge in [-0.05, 0) is 0 Å². The minimum absolute atomic E-state index is 0.315. The molecule has 0 amide bonds. The van der Waals surface area contributed by atoms with Crippen molar-refractivity contribution in [1.82, 2.24) is 0 Å². The van der Waals surface area contributed by atoms with Crippen molar-refractivity contribution >= 4 is 5.97 Å². The number of rotatable bonds is 1. The monoisotopic (exact) mass is 159 g/mol. The van der Waals surface area contributed by atoms with E-state index in [1.807, 2.05) is 0 Å². The van der Waals surface area contributed by atoms with Crippen molar-refractivity contribution in [3.8, 4) is 0 Å². The molecule has 0 saturated carbocycles. The van der Waals surface area contributed by atoms with E-state index in [9.17, 15) is 15.0 Å². The van der Waals surface area contributed by atoms with Gasteiger partial charge in [-0.3, -0.25) is 0 Å². The molecule has 1 rings (SSSR count). The van der Waals surface area contributed by atoms with Gasteiger partial charge in [-0.2, -0.15) is 0 Å². The van der Waals surface area contributed by atoms with Gasteiger partial charge in [0.05, 0.1) is 20.1 Å². The molecule has 4 heteroatoms. The van der Waals surface area contributed by atoms with Crippen LogP contribution in [0.15, 0.2) is 0 Å². The summed E-state index contributed by atoms with van der Waals surface area (Å²) in [5, 5.41) is 19.7. The molecule has 1 unspecified atom stereocenters. The van der Waals surface area contributed by atoms with Crippen LogP contribution in [0.25, 0.3) is 0 Å². The highest BCUT2D eigenvalue weighted by atomic mass is 16.4. The zero-order valence-corrected chi connectivity index (χ0v) is 6.78. The maximum absolute atomic E-state index is 10.5. The molecule has 2 atom stereocenters. The van der Waals surface area contributed by atoms with Crippen LogP contribution in [0.2, 0.25) is 0 Å². The Morgan fingerprint density at radius 2 is 2.18 bits per heavy atom. The molecule has 0 aromatic carbocycles. The highest BCUT2D eigenvalue weighted by Gasteiger charge is 2.40. The van der Waals surface area contributed by atoms with Gasteiger partial charge in [-0.25, -0.2) is 0 Å². The van der Waals surface area contributed by atoms with Gasteiger partial charge >= 0.3 is 0 Å². The lowest BCUT2D eigenvalue weighted by atomic mass is 10.2. The van der Waals surface area contributed by atoms with E-state index in [1.165, 1.54) is 0 Å². The number of quaternary nitrogens is 1. The van der Waals surface area contributed by atoms with Gasteiger partial charge in [0, 0.05) is 6.42 Å². The minimum Gasteiger partial charge on any atom is -0.544 e. The standard InChI is InChI=1S/C7H13NO3/c1-8(2)4-5(9)3-6(8)7(10)11/h5-6,9H,3-4H2,1-2H3/t5?,6-/m0/s1. The fourth-order valence-corrected chi connectivity index (χ4v) is 1.67. The fourth-order valence-electron chi connectivity index (χ4n) is 1.67. The quantitative estimate of drug-likeness (QED) is 0.448. The number of aliphatic hydroxyl groups excluding tert-OH is 1. The Labute approximate surface area is 65.6 Å². The van der Waals surface area contributed by atoms with E-state index in [4.69, 9.17) is 0 Å². The van der Waals surface area contributed by atoms with E-state index in [0.29, 0.717) is 17.4 Å². The molecule has 11 heavy (non-hydrogen) atoms. The van der Waals surface area contributed by atoms with Crippen LogP contribution in [0.3, 0.4) is 0 Å². The molecule has 0 aliphatic carbocycles. The SMILES string of the molecule is C[N+]1(C)CC(O)C[C@H]1C(=O)[O-]. The van der Waals surface area contributed by atoms with Crippen LogP contribution in [0.4, 0.5) is 0 Å². The maximum Gasteiger partial charge on any atom is 0.132 e. The molecule has 1 aliphatic rings. The number of hydrogen-bond acceptors (Lipinski definition) is 3. The molecule has 0 radical (unpaired) electrons. The Bertz CT molecular complexity index is 179. The molecular formula is C7H13NO3. The predicted molar refractivity (Wildman–Crippen MR) is 36.4 cm³/mol. The molecule has 0 aromatic rings. The second-order valence-corrected chi connectivity index (χ2v) is 3.69. The van der Waals surface area contributed by atoms with Crippen molar-refractivity contribution in [3.63, 3.8) is 0 Å². The van der Waals surface area contributed by atoms with Gasteiger partial charge in [0.15, 0.2) is 0 Å². The number of aliphatic carboxylic acids is 1. The summed E-state index contributed by atoms with van der Waals surface area (Å²) in [6, 6.07) is -0.551. The number of carboxylic acids is 1. The number of hydrogen-bond donors (Lipinski definition) is 1. The first-order chi connectivity index (χ1) is 4.93. The third-order valence-corrected chi connectivity index (χ3v) is 2.29. The molecule has 1 heterocycles. The number of carbonyl (C=O) groups is 1. The van der Waals surface area contributed by atoms with Gasteiger partial charge in [-0.1, -0.05) is 0 Å². The number of aliphatic hydroxyl groups is 1. The Hall–Kier alpha value is -0.610. The van der Waals surface area contributed by atoms with E-state index in [-0.39, 0.29) is 0 Å². The molecule has 4 nitrogen and oxygen atoms in total. The number of nitrogens with zero attached hydrogens (tertiary/aromatic N) is 1. The molecule has 1 aliphatic heterocycles. The Kier molecular flexibility index (Phi) is 1.90. The largest absolute Gasteiger partial charge is 0.544 e. The van der Waals surface area contributed by atoms with Crippen molar-refractivity contribution in [3.05, 3.63) is 0 Å². The summed E-state index contributed by atoms with van der Waals surface area (Å²) in [7, 11) is 3.58. The van der Waals surface area contributed by atoms with Crippen LogP contribution in [0.1, 0.15) is 6.42 Å².